The first-order chi connectivity index (χ1) is 22.0. The number of esters is 1. The highest BCUT2D eigenvalue weighted by molar-refractivity contribution is 5.66. The van der Waals surface area contributed by atoms with Crippen molar-refractivity contribution in [1.29, 1.82) is 0 Å². The first-order valence-corrected chi connectivity index (χ1v) is 19.2. The standard InChI is InChI=1S/C39H65NO7/c1-10-17-40-18-19-44-29(21-40)47-28-13-14-38-22-39(38)16-15-36(8)30-23(2)20-25(33(35(6,7)43)45-24(3)41)46-31(30)32(42)37(36,9)27(39)12-11-26(38)34(28,4)5/h23,25-33,42-43H,10-22H2,1-9H3. The number of aliphatic hydroxyl groups is 2. The van der Waals surface area contributed by atoms with Crippen molar-refractivity contribution < 1.29 is 34.0 Å². The van der Waals surface area contributed by atoms with Crippen molar-refractivity contribution in [1.82, 2.24) is 4.90 Å². The lowest BCUT2D eigenvalue weighted by molar-refractivity contribution is -0.248. The summed E-state index contributed by atoms with van der Waals surface area (Å²) in [6.07, 6.45) is 8.07. The van der Waals surface area contributed by atoms with Crippen LogP contribution in [0.5, 0.6) is 0 Å². The summed E-state index contributed by atoms with van der Waals surface area (Å²) in [5.41, 5.74) is -0.882. The molecule has 0 aromatic heterocycles. The minimum Gasteiger partial charge on any atom is -0.457 e. The third-order valence-corrected chi connectivity index (χ3v) is 16.1. The van der Waals surface area contributed by atoms with Gasteiger partial charge in [-0.05, 0) is 124 Å². The molecule has 2 N–H and O–H groups in total. The molecule has 2 aliphatic heterocycles. The zero-order valence-corrected chi connectivity index (χ0v) is 30.8. The number of morpholine rings is 1. The molecule has 0 bridgehead atoms. The smallest absolute Gasteiger partial charge is 0.303 e. The fourth-order valence-electron chi connectivity index (χ4n) is 14.1. The van der Waals surface area contributed by atoms with Crippen LogP contribution in [0.25, 0.3) is 0 Å². The average Bonchev–Trinajstić information content (AvgIpc) is 3.62. The van der Waals surface area contributed by atoms with Crippen LogP contribution in [-0.2, 0) is 23.7 Å². The molecule has 14 unspecified atom stereocenters. The highest BCUT2D eigenvalue weighted by atomic mass is 16.7. The van der Waals surface area contributed by atoms with E-state index in [1.807, 2.05) is 0 Å². The molecule has 0 aromatic carbocycles. The second-order valence-electron chi connectivity index (χ2n) is 19.0. The predicted octanol–water partition coefficient (Wildman–Crippen LogP) is 5.96. The van der Waals surface area contributed by atoms with Gasteiger partial charge < -0.3 is 29.2 Å². The fraction of sp³-hybridized carbons (Fsp3) is 0.974. The number of rotatable bonds is 7. The first-order valence-electron chi connectivity index (χ1n) is 19.2. The molecule has 47 heavy (non-hydrogen) atoms. The lowest BCUT2D eigenvalue weighted by atomic mass is 9.41. The SMILES string of the molecule is CCCN1CCOC(OC2CCC34CC35CCC3(C)C6C(C)CC(C(OC(C)=O)C(C)(C)O)OC6C(O)C3(C)C5CCC4C2(C)C)C1. The van der Waals surface area contributed by atoms with Gasteiger partial charge in [0.1, 0.15) is 0 Å². The van der Waals surface area contributed by atoms with Gasteiger partial charge in [-0.2, -0.15) is 0 Å². The number of hydrogen-bond acceptors (Lipinski definition) is 8. The van der Waals surface area contributed by atoms with E-state index >= 15 is 0 Å². The van der Waals surface area contributed by atoms with Crippen LogP contribution < -0.4 is 0 Å². The van der Waals surface area contributed by atoms with Gasteiger partial charge >= 0.3 is 5.97 Å². The number of aliphatic hydroxyl groups excluding tert-OH is 1. The molecule has 268 valence electrons. The van der Waals surface area contributed by atoms with Crippen LogP contribution in [0.15, 0.2) is 0 Å². The van der Waals surface area contributed by atoms with Gasteiger partial charge in [0.15, 0.2) is 12.4 Å². The summed E-state index contributed by atoms with van der Waals surface area (Å²) >= 11 is 0. The minimum absolute atomic E-state index is 0.0435. The maximum atomic E-state index is 12.6. The molecule has 5 saturated carbocycles. The number of nitrogens with zero attached hydrogens (tertiary/aromatic N) is 1. The normalized spacial score (nSPS) is 51.1. The Morgan fingerprint density at radius 3 is 2.45 bits per heavy atom. The summed E-state index contributed by atoms with van der Waals surface area (Å²) in [5, 5.41) is 23.6. The largest absolute Gasteiger partial charge is 0.457 e. The van der Waals surface area contributed by atoms with Crippen LogP contribution in [0.4, 0.5) is 0 Å². The maximum Gasteiger partial charge on any atom is 0.303 e. The van der Waals surface area contributed by atoms with E-state index in [4.69, 9.17) is 18.9 Å². The Morgan fingerprint density at radius 2 is 1.77 bits per heavy atom. The van der Waals surface area contributed by atoms with Gasteiger partial charge in [0.25, 0.3) is 0 Å². The van der Waals surface area contributed by atoms with Gasteiger partial charge in [0, 0.05) is 25.4 Å². The molecule has 14 atom stereocenters. The lowest BCUT2D eigenvalue weighted by Gasteiger charge is -2.64. The number of carbonyl (C=O) groups is 1. The molecule has 7 aliphatic rings. The maximum absolute atomic E-state index is 12.6. The molecule has 2 spiro atoms. The van der Waals surface area contributed by atoms with E-state index in [0.717, 1.165) is 51.9 Å². The molecular formula is C39H65NO7. The highest BCUT2D eigenvalue weighted by Gasteiger charge is 2.84. The van der Waals surface area contributed by atoms with Crippen molar-refractivity contribution in [2.45, 2.75) is 163 Å². The van der Waals surface area contributed by atoms with E-state index in [2.05, 4.69) is 46.4 Å². The Hall–Kier alpha value is -0.770. The van der Waals surface area contributed by atoms with Crippen molar-refractivity contribution in [2.75, 3.05) is 26.2 Å². The van der Waals surface area contributed by atoms with E-state index < -0.39 is 29.9 Å². The summed E-state index contributed by atoms with van der Waals surface area (Å²) < 4.78 is 25.6. The highest BCUT2D eigenvalue weighted by Crippen LogP contribution is 2.89. The topological polar surface area (TPSA) is 97.7 Å². The monoisotopic (exact) mass is 659 g/mol. The number of fused-ring (bicyclic) bond motifs is 4. The second kappa shape index (κ2) is 11.4. The quantitative estimate of drug-likeness (QED) is 0.324. The van der Waals surface area contributed by atoms with Crippen LogP contribution in [0.3, 0.4) is 0 Å². The Balaban J connectivity index is 1.13. The molecule has 8 heteroatoms. The van der Waals surface area contributed by atoms with Gasteiger partial charge in [0.05, 0.1) is 36.6 Å². The summed E-state index contributed by atoms with van der Waals surface area (Å²) in [5.74, 6) is 1.16. The van der Waals surface area contributed by atoms with Crippen LogP contribution in [0.1, 0.15) is 120 Å². The molecule has 5 aliphatic carbocycles. The number of carbonyl (C=O) groups excluding carboxylic acids is 1. The van der Waals surface area contributed by atoms with Gasteiger partial charge in [-0.15, -0.1) is 0 Å². The van der Waals surface area contributed by atoms with E-state index in [0.29, 0.717) is 23.7 Å². The molecule has 0 radical (unpaired) electrons. The Kier molecular flexibility index (Phi) is 8.38. The summed E-state index contributed by atoms with van der Waals surface area (Å²) in [7, 11) is 0. The van der Waals surface area contributed by atoms with E-state index in [1.165, 1.54) is 32.6 Å². The summed E-state index contributed by atoms with van der Waals surface area (Å²) in [6.45, 7) is 22.9. The van der Waals surface area contributed by atoms with Crippen molar-refractivity contribution in [3.05, 3.63) is 0 Å². The van der Waals surface area contributed by atoms with Crippen molar-refractivity contribution in [2.24, 2.45) is 50.7 Å². The zero-order valence-electron chi connectivity index (χ0n) is 30.8. The van der Waals surface area contributed by atoms with Crippen molar-refractivity contribution >= 4 is 5.97 Å². The average molecular weight is 660 g/mol. The molecule has 7 rings (SSSR count). The second-order valence-corrected chi connectivity index (χ2v) is 19.0. The molecule has 8 nitrogen and oxygen atoms in total. The minimum atomic E-state index is -1.25. The van der Waals surface area contributed by atoms with Crippen LogP contribution >= 0.6 is 0 Å². The van der Waals surface area contributed by atoms with E-state index in [1.54, 1.807) is 13.8 Å². The van der Waals surface area contributed by atoms with Gasteiger partial charge in [-0.3, -0.25) is 9.69 Å². The van der Waals surface area contributed by atoms with Crippen molar-refractivity contribution in [3.8, 4) is 0 Å². The number of ether oxygens (including phenoxy) is 4. The Morgan fingerprint density at radius 1 is 1.06 bits per heavy atom. The Labute approximate surface area is 284 Å². The summed E-state index contributed by atoms with van der Waals surface area (Å²) in [6, 6.07) is 0. The Bertz CT molecular complexity index is 1220. The summed E-state index contributed by atoms with van der Waals surface area (Å²) in [4.78, 5) is 14.6. The third-order valence-electron chi connectivity index (χ3n) is 16.1. The van der Waals surface area contributed by atoms with E-state index in [9.17, 15) is 15.0 Å². The van der Waals surface area contributed by atoms with Crippen LogP contribution in [-0.4, -0.2) is 89.7 Å². The lowest BCUT2D eigenvalue weighted by Crippen LogP contribution is -2.60. The molecule has 2 heterocycles. The molecule has 0 amide bonds. The van der Waals surface area contributed by atoms with E-state index in [-0.39, 0.29) is 52.0 Å². The van der Waals surface area contributed by atoms with Gasteiger partial charge in [-0.1, -0.05) is 41.5 Å². The molecule has 7 fully saturated rings. The number of hydrogen-bond donors (Lipinski definition) is 2. The predicted molar refractivity (Wildman–Crippen MR) is 179 cm³/mol. The van der Waals surface area contributed by atoms with Crippen LogP contribution in [0, 0.1) is 50.7 Å². The zero-order chi connectivity index (χ0) is 33.9. The molecule has 2 saturated heterocycles. The van der Waals surface area contributed by atoms with Crippen molar-refractivity contribution in [3.63, 3.8) is 0 Å². The third kappa shape index (κ3) is 4.83. The first kappa shape index (κ1) is 34.7. The fourth-order valence-corrected chi connectivity index (χ4v) is 14.1. The molecular weight excluding hydrogens is 594 g/mol. The van der Waals surface area contributed by atoms with Gasteiger partial charge in [-0.25, -0.2) is 0 Å². The molecule has 0 aromatic rings. The van der Waals surface area contributed by atoms with Crippen LogP contribution in [0.2, 0.25) is 0 Å². The van der Waals surface area contributed by atoms with Gasteiger partial charge in [0.2, 0.25) is 0 Å².